The van der Waals surface area contributed by atoms with Gasteiger partial charge >= 0.3 is 5.97 Å². The Morgan fingerprint density at radius 2 is 1.71 bits per heavy atom. The molecule has 1 aromatic heterocycles. The number of aromatic nitrogens is 1. The molecule has 8 nitrogen and oxygen atoms in total. The molecule has 0 spiro atoms. The van der Waals surface area contributed by atoms with Crippen LogP contribution in [0.15, 0.2) is 40.9 Å². The van der Waals surface area contributed by atoms with Gasteiger partial charge in [0.05, 0.1) is 6.42 Å². The molecule has 0 atom stereocenters. The van der Waals surface area contributed by atoms with Crippen LogP contribution in [-0.4, -0.2) is 58.9 Å². The van der Waals surface area contributed by atoms with E-state index in [1.54, 1.807) is 15.9 Å². The molecular weight excluding hydrogens is 362 g/mol. The van der Waals surface area contributed by atoms with Crippen LogP contribution in [-0.2, 0) is 25.7 Å². The third-order valence-electron chi connectivity index (χ3n) is 4.62. The van der Waals surface area contributed by atoms with Gasteiger partial charge in [-0.3, -0.25) is 14.4 Å². The predicted octanol–water partition coefficient (Wildman–Crippen LogP) is 1.86. The summed E-state index contributed by atoms with van der Waals surface area (Å²) in [4.78, 5) is 38.8. The third kappa shape index (κ3) is 5.18. The molecule has 148 valence electrons. The lowest BCUT2D eigenvalue weighted by atomic mass is 10.2. The summed E-state index contributed by atoms with van der Waals surface area (Å²) in [7, 11) is 0. The standard InChI is InChI=1S/C20H23N3O5/c1-15(24)22-9-11-23(12-10-22)19(25)7-8-20(26)27-14-17-13-18(28-21-17)16-5-3-2-4-6-16/h2-6,13H,7-12,14H2,1H3. The van der Waals surface area contributed by atoms with E-state index in [9.17, 15) is 14.4 Å². The van der Waals surface area contributed by atoms with Gasteiger partial charge in [0.15, 0.2) is 5.76 Å². The van der Waals surface area contributed by atoms with Crippen molar-refractivity contribution in [2.24, 2.45) is 0 Å². The zero-order valence-electron chi connectivity index (χ0n) is 15.8. The molecule has 1 aromatic carbocycles. The second-order valence-corrected chi connectivity index (χ2v) is 6.60. The number of carbonyl (C=O) groups excluding carboxylic acids is 3. The van der Waals surface area contributed by atoms with Crippen molar-refractivity contribution in [3.63, 3.8) is 0 Å². The van der Waals surface area contributed by atoms with Gasteiger partial charge in [0.2, 0.25) is 11.8 Å². The van der Waals surface area contributed by atoms with Crippen molar-refractivity contribution in [3.05, 3.63) is 42.1 Å². The van der Waals surface area contributed by atoms with Gasteiger partial charge in [-0.25, -0.2) is 0 Å². The van der Waals surface area contributed by atoms with Gasteiger partial charge in [0, 0.05) is 51.2 Å². The Morgan fingerprint density at radius 3 is 2.39 bits per heavy atom. The highest BCUT2D eigenvalue weighted by Gasteiger charge is 2.22. The summed E-state index contributed by atoms with van der Waals surface area (Å²) in [5.74, 6) is 0.0541. The number of amides is 2. The van der Waals surface area contributed by atoms with E-state index in [1.165, 1.54) is 6.92 Å². The van der Waals surface area contributed by atoms with Crippen molar-refractivity contribution in [1.82, 2.24) is 15.0 Å². The maximum absolute atomic E-state index is 12.2. The third-order valence-corrected chi connectivity index (χ3v) is 4.62. The summed E-state index contributed by atoms with van der Waals surface area (Å²) in [6.07, 6.45) is 0.0993. The van der Waals surface area contributed by atoms with Gasteiger partial charge in [-0.2, -0.15) is 0 Å². The first-order valence-corrected chi connectivity index (χ1v) is 9.23. The largest absolute Gasteiger partial charge is 0.459 e. The summed E-state index contributed by atoms with van der Waals surface area (Å²) in [6.45, 7) is 3.57. The van der Waals surface area contributed by atoms with Crippen molar-refractivity contribution < 1.29 is 23.6 Å². The van der Waals surface area contributed by atoms with Crippen LogP contribution in [0.4, 0.5) is 0 Å². The molecule has 0 radical (unpaired) electrons. The summed E-state index contributed by atoms with van der Waals surface area (Å²) in [5, 5.41) is 3.89. The van der Waals surface area contributed by atoms with E-state index in [0.717, 1.165) is 5.56 Å². The molecule has 2 heterocycles. The van der Waals surface area contributed by atoms with Gasteiger partial charge in [0.1, 0.15) is 12.3 Å². The number of carbonyl (C=O) groups is 3. The Morgan fingerprint density at radius 1 is 1.04 bits per heavy atom. The number of rotatable bonds is 6. The number of ether oxygens (including phenoxy) is 1. The summed E-state index contributed by atoms with van der Waals surface area (Å²) in [5.41, 5.74) is 1.40. The van der Waals surface area contributed by atoms with E-state index >= 15 is 0 Å². The lowest BCUT2D eigenvalue weighted by Gasteiger charge is -2.34. The van der Waals surface area contributed by atoms with Gasteiger partial charge in [-0.15, -0.1) is 0 Å². The molecule has 1 saturated heterocycles. The zero-order chi connectivity index (χ0) is 19.9. The molecule has 0 saturated carbocycles. The smallest absolute Gasteiger partial charge is 0.306 e. The normalized spacial score (nSPS) is 14.0. The molecule has 0 aliphatic carbocycles. The lowest BCUT2D eigenvalue weighted by Crippen LogP contribution is -2.50. The minimum atomic E-state index is -0.458. The average Bonchev–Trinajstić information content (AvgIpc) is 3.20. The Kier molecular flexibility index (Phi) is 6.41. The molecule has 8 heteroatoms. The van der Waals surface area contributed by atoms with E-state index in [4.69, 9.17) is 9.26 Å². The van der Waals surface area contributed by atoms with E-state index < -0.39 is 5.97 Å². The molecule has 0 N–H and O–H groups in total. The first-order chi connectivity index (χ1) is 13.5. The summed E-state index contributed by atoms with van der Waals surface area (Å²) < 4.78 is 10.4. The molecule has 3 rings (SSSR count). The van der Waals surface area contributed by atoms with Gasteiger partial charge < -0.3 is 19.1 Å². The van der Waals surface area contributed by atoms with Gasteiger partial charge in [-0.05, 0) is 0 Å². The number of esters is 1. The van der Waals surface area contributed by atoms with Crippen LogP contribution in [0, 0.1) is 0 Å². The highest BCUT2D eigenvalue weighted by atomic mass is 16.5. The SMILES string of the molecule is CC(=O)N1CCN(C(=O)CCC(=O)OCc2cc(-c3ccccc3)on2)CC1. The van der Waals surface area contributed by atoms with Crippen molar-refractivity contribution in [3.8, 4) is 11.3 Å². The molecule has 2 aromatic rings. The minimum Gasteiger partial charge on any atom is -0.459 e. The van der Waals surface area contributed by atoms with E-state index in [0.29, 0.717) is 37.6 Å². The van der Waals surface area contributed by atoms with Crippen LogP contribution in [0.5, 0.6) is 0 Å². The van der Waals surface area contributed by atoms with Crippen molar-refractivity contribution >= 4 is 17.8 Å². The highest BCUT2D eigenvalue weighted by molar-refractivity contribution is 5.81. The van der Waals surface area contributed by atoms with Crippen LogP contribution < -0.4 is 0 Å². The van der Waals surface area contributed by atoms with Crippen LogP contribution in [0.25, 0.3) is 11.3 Å². The first-order valence-electron chi connectivity index (χ1n) is 9.23. The monoisotopic (exact) mass is 385 g/mol. The van der Waals surface area contributed by atoms with E-state index in [-0.39, 0.29) is 31.3 Å². The maximum Gasteiger partial charge on any atom is 0.306 e. The quantitative estimate of drug-likeness (QED) is 0.705. The van der Waals surface area contributed by atoms with Crippen molar-refractivity contribution in [2.45, 2.75) is 26.4 Å². The fourth-order valence-electron chi connectivity index (χ4n) is 2.98. The molecule has 1 aliphatic heterocycles. The van der Waals surface area contributed by atoms with Crippen LogP contribution >= 0.6 is 0 Å². The fourth-order valence-corrected chi connectivity index (χ4v) is 2.98. The Bertz CT molecular complexity index is 825. The molecular formula is C20H23N3O5. The van der Waals surface area contributed by atoms with Crippen LogP contribution in [0.1, 0.15) is 25.5 Å². The van der Waals surface area contributed by atoms with Crippen LogP contribution in [0.2, 0.25) is 0 Å². The Balaban J connectivity index is 1.39. The number of benzene rings is 1. The fraction of sp³-hybridized carbons (Fsp3) is 0.400. The average molecular weight is 385 g/mol. The molecule has 0 bridgehead atoms. The summed E-state index contributed by atoms with van der Waals surface area (Å²) in [6, 6.07) is 11.2. The van der Waals surface area contributed by atoms with E-state index in [2.05, 4.69) is 5.16 Å². The Hall–Kier alpha value is -3.16. The van der Waals surface area contributed by atoms with Crippen LogP contribution in [0.3, 0.4) is 0 Å². The zero-order valence-corrected chi connectivity index (χ0v) is 15.8. The van der Waals surface area contributed by atoms with Gasteiger partial charge in [-0.1, -0.05) is 35.5 Å². The number of hydrogen-bond donors (Lipinski definition) is 0. The highest BCUT2D eigenvalue weighted by Crippen LogP contribution is 2.20. The second kappa shape index (κ2) is 9.16. The molecule has 28 heavy (non-hydrogen) atoms. The molecule has 1 fully saturated rings. The van der Waals surface area contributed by atoms with E-state index in [1.807, 2.05) is 30.3 Å². The molecule has 1 aliphatic rings. The van der Waals surface area contributed by atoms with Gasteiger partial charge in [0.25, 0.3) is 0 Å². The second-order valence-electron chi connectivity index (χ2n) is 6.60. The number of piperazine rings is 1. The first kappa shape index (κ1) is 19.6. The maximum atomic E-state index is 12.2. The molecule has 0 unspecified atom stereocenters. The minimum absolute atomic E-state index is 0.000638. The topological polar surface area (TPSA) is 93.0 Å². The number of hydrogen-bond acceptors (Lipinski definition) is 6. The lowest BCUT2D eigenvalue weighted by molar-refractivity contribution is -0.147. The van der Waals surface area contributed by atoms with Crippen molar-refractivity contribution in [2.75, 3.05) is 26.2 Å². The van der Waals surface area contributed by atoms with Crippen molar-refractivity contribution in [1.29, 1.82) is 0 Å². The predicted molar refractivity (Wildman–Crippen MR) is 99.8 cm³/mol. The number of nitrogens with zero attached hydrogens (tertiary/aromatic N) is 3. The summed E-state index contributed by atoms with van der Waals surface area (Å²) >= 11 is 0. The molecule has 2 amide bonds. The Labute approximate surface area is 163 Å².